The Labute approximate surface area is 126 Å². The molecule has 0 saturated carbocycles. The molecule has 0 aliphatic rings. The summed E-state index contributed by atoms with van der Waals surface area (Å²) in [7, 11) is 0. The average Bonchev–Trinajstić information content (AvgIpc) is 2.44. The zero-order valence-corrected chi connectivity index (χ0v) is 13.7. The molecule has 3 nitrogen and oxygen atoms in total. The Morgan fingerprint density at radius 3 is 1.65 bits per heavy atom. The second-order valence-electron chi connectivity index (χ2n) is 6.50. The lowest BCUT2D eigenvalue weighted by Crippen LogP contribution is -2.51. The van der Waals surface area contributed by atoms with Crippen LogP contribution in [0.2, 0.25) is 0 Å². The molecule has 0 aliphatic heterocycles. The van der Waals surface area contributed by atoms with Crippen LogP contribution in [0.4, 0.5) is 0 Å². The smallest absolute Gasteiger partial charge is 0.0739 e. The van der Waals surface area contributed by atoms with Crippen LogP contribution in [0.5, 0.6) is 0 Å². The fourth-order valence-corrected chi connectivity index (χ4v) is 2.44. The first-order valence-electron chi connectivity index (χ1n) is 8.62. The van der Waals surface area contributed by atoms with Gasteiger partial charge in [-0.15, -0.1) is 0 Å². The molecule has 4 N–H and O–H groups in total. The molecule has 3 heteroatoms. The number of aliphatic hydroxyl groups excluding tert-OH is 2. The van der Waals surface area contributed by atoms with Gasteiger partial charge in [0.1, 0.15) is 0 Å². The fourth-order valence-electron chi connectivity index (χ4n) is 2.44. The van der Waals surface area contributed by atoms with Crippen molar-refractivity contribution in [1.29, 1.82) is 0 Å². The van der Waals surface area contributed by atoms with Gasteiger partial charge >= 0.3 is 0 Å². The van der Waals surface area contributed by atoms with Gasteiger partial charge in [0.15, 0.2) is 0 Å². The van der Waals surface area contributed by atoms with E-state index >= 15 is 0 Å². The molecule has 0 aromatic rings. The molecule has 0 aromatic heterocycles. The number of nitrogens with two attached hydrogens (primary N) is 1. The van der Waals surface area contributed by atoms with Gasteiger partial charge in [-0.05, 0) is 13.3 Å². The van der Waals surface area contributed by atoms with Gasteiger partial charge < -0.3 is 15.9 Å². The van der Waals surface area contributed by atoms with Gasteiger partial charge in [-0.2, -0.15) is 0 Å². The highest BCUT2D eigenvalue weighted by atomic mass is 16.3. The van der Waals surface area contributed by atoms with Crippen molar-refractivity contribution < 1.29 is 10.2 Å². The predicted molar refractivity (Wildman–Crippen MR) is 86.8 cm³/mol. The van der Waals surface area contributed by atoms with E-state index in [-0.39, 0.29) is 6.61 Å². The maximum atomic E-state index is 9.84. The Bertz CT molecular complexity index is 207. The molecule has 0 rings (SSSR count). The Hall–Kier alpha value is -0.120. The van der Waals surface area contributed by atoms with Gasteiger partial charge in [0.2, 0.25) is 0 Å². The van der Waals surface area contributed by atoms with E-state index in [2.05, 4.69) is 6.92 Å². The molecule has 0 aliphatic carbocycles. The molecule has 0 bridgehead atoms. The summed E-state index contributed by atoms with van der Waals surface area (Å²) >= 11 is 0. The Morgan fingerprint density at radius 2 is 1.25 bits per heavy atom. The van der Waals surface area contributed by atoms with Crippen LogP contribution in [0.25, 0.3) is 0 Å². The van der Waals surface area contributed by atoms with Crippen LogP contribution in [0, 0.1) is 0 Å². The van der Waals surface area contributed by atoms with Crippen LogP contribution in [0.15, 0.2) is 0 Å². The van der Waals surface area contributed by atoms with Gasteiger partial charge in [0.25, 0.3) is 0 Å². The van der Waals surface area contributed by atoms with Crippen LogP contribution < -0.4 is 5.73 Å². The van der Waals surface area contributed by atoms with E-state index < -0.39 is 11.6 Å². The number of hydrogen-bond acceptors (Lipinski definition) is 3. The van der Waals surface area contributed by atoms with Gasteiger partial charge in [0.05, 0.1) is 18.2 Å². The van der Waals surface area contributed by atoms with Crippen molar-refractivity contribution in [3.8, 4) is 0 Å². The Kier molecular flexibility index (Phi) is 12.5. The van der Waals surface area contributed by atoms with E-state index in [9.17, 15) is 5.11 Å². The summed E-state index contributed by atoms with van der Waals surface area (Å²) < 4.78 is 0. The van der Waals surface area contributed by atoms with E-state index in [0.29, 0.717) is 6.42 Å². The van der Waals surface area contributed by atoms with Crippen molar-refractivity contribution in [2.45, 2.75) is 103 Å². The zero-order valence-electron chi connectivity index (χ0n) is 13.7. The van der Waals surface area contributed by atoms with Crippen LogP contribution >= 0.6 is 0 Å². The molecule has 20 heavy (non-hydrogen) atoms. The maximum Gasteiger partial charge on any atom is 0.0739 e. The zero-order chi connectivity index (χ0) is 15.3. The number of hydrogen-bond donors (Lipinski definition) is 3. The van der Waals surface area contributed by atoms with Gasteiger partial charge in [-0.25, -0.2) is 0 Å². The summed E-state index contributed by atoms with van der Waals surface area (Å²) in [6.07, 6.45) is 14.5. The third-order valence-electron chi connectivity index (χ3n) is 4.18. The Morgan fingerprint density at radius 1 is 0.850 bits per heavy atom. The third kappa shape index (κ3) is 10.6. The first-order chi connectivity index (χ1) is 9.54. The molecular weight excluding hydrogens is 250 g/mol. The summed E-state index contributed by atoms with van der Waals surface area (Å²) in [6, 6.07) is 0. The van der Waals surface area contributed by atoms with Crippen molar-refractivity contribution in [3.05, 3.63) is 0 Å². The molecule has 0 radical (unpaired) electrons. The molecule has 0 amide bonds. The monoisotopic (exact) mass is 287 g/mol. The highest BCUT2D eigenvalue weighted by molar-refractivity contribution is 4.85. The predicted octanol–water partition coefficient (Wildman–Crippen LogP) is 3.76. The van der Waals surface area contributed by atoms with Crippen molar-refractivity contribution in [2.75, 3.05) is 6.61 Å². The quantitative estimate of drug-likeness (QED) is 0.426. The maximum absolute atomic E-state index is 9.84. The fraction of sp³-hybridized carbons (Fsp3) is 1.00. The second-order valence-corrected chi connectivity index (χ2v) is 6.50. The first-order valence-corrected chi connectivity index (χ1v) is 8.62. The SMILES string of the molecule is CCCCCCCCCCCCC[C@H](O)[C@](C)(N)CO. The largest absolute Gasteiger partial charge is 0.394 e. The van der Waals surface area contributed by atoms with E-state index in [1.807, 2.05) is 0 Å². The standard InChI is InChI=1S/C17H37NO2/c1-3-4-5-6-7-8-9-10-11-12-13-14-16(20)17(2,18)15-19/h16,19-20H,3-15,18H2,1-2H3/t16-,17+/m0/s1. The lowest BCUT2D eigenvalue weighted by Gasteiger charge is -2.28. The van der Waals surface area contributed by atoms with E-state index in [4.69, 9.17) is 10.8 Å². The van der Waals surface area contributed by atoms with Gasteiger partial charge in [-0.1, -0.05) is 77.6 Å². The molecule has 0 spiro atoms. The molecule has 122 valence electrons. The highest BCUT2D eigenvalue weighted by Gasteiger charge is 2.26. The molecule has 0 unspecified atom stereocenters. The van der Waals surface area contributed by atoms with Crippen LogP contribution in [-0.2, 0) is 0 Å². The summed E-state index contributed by atoms with van der Waals surface area (Å²) in [4.78, 5) is 0. The normalized spacial score (nSPS) is 16.1. The first kappa shape index (κ1) is 19.9. The molecule has 0 fully saturated rings. The molecular formula is C17H37NO2. The summed E-state index contributed by atoms with van der Waals surface area (Å²) in [5.41, 5.74) is 4.94. The summed E-state index contributed by atoms with van der Waals surface area (Å²) in [5, 5.41) is 18.9. The van der Waals surface area contributed by atoms with E-state index in [1.54, 1.807) is 6.92 Å². The Balaban J connectivity index is 3.25. The molecule has 0 heterocycles. The number of rotatable bonds is 14. The number of unbranched alkanes of at least 4 members (excludes halogenated alkanes) is 10. The highest BCUT2D eigenvalue weighted by Crippen LogP contribution is 2.15. The molecule has 0 aromatic carbocycles. The average molecular weight is 287 g/mol. The third-order valence-corrected chi connectivity index (χ3v) is 4.18. The van der Waals surface area contributed by atoms with Crippen LogP contribution in [-0.4, -0.2) is 28.5 Å². The molecule has 2 atom stereocenters. The second kappa shape index (κ2) is 12.6. The van der Waals surface area contributed by atoms with Crippen molar-refractivity contribution in [1.82, 2.24) is 0 Å². The van der Waals surface area contributed by atoms with Crippen LogP contribution in [0.1, 0.15) is 90.9 Å². The lowest BCUT2D eigenvalue weighted by molar-refractivity contribution is 0.0458. The van der Waals surface area contributed by atoms with Crippen molar-refractivity contribution in [2.24, 2.45) is 5.73 Å². The topological polar surface area (TPSA) is 66.5 Å². The van der Waals surface area contributed by atoms with Crippen molar-refractivity contribution >= 4 is 0 Å². The minimum Gasteiger partial charge on any atom is -0.394 e. The van der Waals surface area contributed by atoms with E-state index in [1.165, 1.54) is 57.8 Å². The summed E-state index contributed by atoms with van der Waals surface area (Å²) in [5.74, 6) is 0. The van der Waals surface area contributed by atoms with Gasteiger partial charge in [0, 0.05) is 0 Å². The van der Waals surface area contributed by atoms with E-state index in [0.717, 1.165) is 12.8 Å². The number of aliphatic hydroxyl groups is 2. The summed E-state index contributed by atoms with van der Waals surface area (Å²) in [6.45, 7) is 3.80. The van der Waals surface area contributed by atoms with Crippen molar-refractivity contribution in [3.63, 3.8) is 0 Å². The lowest BCUT2D eigenvalue weighted by atomic mass is 9.92. The van der Waals surface area contributed by atoms with Gasteiger partial charge in [-0.3, -0.25) is 0 Å². The molecule has 0 saturated heterocycles. The minimum atomic E-state index is -0.849. The minimum absolute atomic E-state index is 0.161. The van der Waals surface area contributed by atoms with Crippen LogP contribution in [0.3, 0.4) is 0 Å².